The van der Waals surface area contributed by atoms with Crippen LogP contribution >= 0.6 is 15.9 Å². The van der Waals surface area contributed by atoms with Crippen molar-refractivity contribution in [1.82, 2.24) is 5.32 Å². The standard InChI is InChI=1S/C11H16N4.C9H9BrN2.C2H8N2/c1-11(14-15-11)10-4-2-9(3-5-10)8-13-7-6-12;1-9(11-12-9)8-4-2-7(6-10)3-5-8;3-1-2-4/h2-5,13H,6-8,12H2,1H3;2-5H,6H2,1H3;1-4H2. The van der Waals surface area contributed by atoms with E-state index in [1.54, 1.807) is 0 Å². The number of nitrogens with two attached hydrogens (primary N) is 3. The first kappa shape index (κ1) is 25.2. The first-order chi connectivity index (χ1) is 14.9. The molecular formula is C22H33BrN8. The van der Waals surface area contributed by atoms with Crippen LogP contribution in [0.15, 0.2) is 69.0 Å². The monoisotopic (exact) mass is 488 g/mol. The molecule has 2 aliphatic heterocycles. The van der Waals surface area contributed by atoms with Crippen molar-refractivity contribution < 1.29 is 0 Å². The van der Waals surface area contributed by atoms with Crippen molar-refractivity contribution in [2.75, 3.05) is 26.2 Å². The summed E-state index contributed by atoms with van der Waals surface area (Å²) in [5, 5.41) is 20.1. The molecule has 31 heavy (non-hydrogen) atoms. The Balaban J connectivity index is 0.000000192. The lowest BCUT2D eigenvalue weighted by Crippen LogP contribution is -2.21. The molecule has 0 aliphatic carbocycles. The molecule has 2 aromatic rings. The van der Waals surface area contributed by atoms with Crippen LogP contribution in [0, 0.1) is 0 Å². The third kappa shape index (κ3) is 8.19. The van der Waals surface area contributed by atoms with Crippen molar-refractivity contribution in [2.24, 2.45) is 37.7 Å². The van der Waals surface area contributed by atoms with Crippen LogP contribution in [-0.2, 0) is 23.2 Å². The minimum Gasteiger partial charge on any atom is -0.329 e. The smallest absolute Gasteiger partial charge is 0.213 e. The van der Waals surface area contributed by atoms with Gasteiger partial charge in [-0.15, -0.1) is 0 Å². The molecule has 0 atom stereocenters. The normalized spacial score (nSPS) is 15.9. The van der Waals surface area contributed by atoms with Gasteiger partial charge in [0, 0.05) is 49.2 Å². The van der Waals surface area contributed by atoms with Gasteiger partial charge >= 0.3 is 0 Å². The highest BCUT2D eigenvalue weighted by Crippen LogP contribution is 2.39. The predicted octanol–water partition coefficient (Wildman–Crippen LogP) is 3.50. The van der Waals surface area contributed by atoms with Crippen molar-refractivity contribution in [1.29, 1.82) is 0 Å². The molecule has 0 amide bonds. The second-order valence-corrected chi connectivity index (χ2v) is 8.07. The Morgan fingerprint density at radius 1 is 0.710 bits per heavy atom. The number of alkyl halides is 1. The van der Waals surface area contributed by atoms with Crippen molar-refractivity contribution in [3.05, 3.63) is 70.8 Å². The van der Waals surface area contributed by atoms with E-state index in [4.69, 9.17) is 17.2 Å². The van der Waals surface area contributed by atoms with Crippen LogP contribution in [0.25, 0.3) is 0 Å². The van der Waals surface area contributed by atoms with E-state index in [0.29, 0.717) is 19.6 Å². The van der Waals surface area contributed by atoms with Gasteiger partial charge in [0.15, 0.2) is 0 Å². The van der Waals surface area contributed by atoms with E-state index >= 15 is 0 Å². The second-order valence-electron chi connectivity index (χ2n) is 7.51. The molecule has 0 unspecified atom stereocenters. The van der Waals surface area contributed by atoms with E-state index in [2.05, 4.69) is 90.2 Å². The third-order valence-corrected chi connectivity index (χ3v) is 5.42. The highest BCUT2D eigenvalue weighted by atomic mass is 79.9. The Kier molecular flexibility index (Phi) is 9.86. The zero-order valence-electron chi connectivity index (χ0n) is 18.3. The molecule has 7 N–H and O–H groups in total. The summed E-state index contributed by atoms with van der Waals surface area (Å²) >= 11 is 3.40. The second kappa shape index (κ2) is 12.1. The Morgan fingerprint density at radius 3 is 1.45 bits per heavy atom. The quantitative estimate of drug-likeness (QED) is 0.333. The topological polar surface area (TPSA) is 140 Å². The van der Waals surface area contributed by atoms with Gasteiger partial charge in [0.1, 0.15) is 0 Å². The minimum atomic E-state index is -0.261. The average Bonchev–Trinajstić information content (AvgIpc) is 3.74. The van der Waals surface area contributed by atoms with E-state index < -0.39 is 0 Å². The van der Waals surface area contributed by atoms with Crippen LogP contribution in [0.3, 0.4) is 0 Å². The molecule has 168 valence electrons. The van der Waals surface area contributed by atoms with Crippen LogP contribution in [0.1, 0.15) is 36.1 Å². The number of hydrogen-bond acceptors (Lipinski definition) is 8. The summed E-state index contributed by atoms with van der Waals surface area (Å²) in [4.78, 5) is 0. The molecule has 0 spiro atoms. The highest BCUT2D eigenvalue weighted by Gasteiger charge is 2.36. The summed E-state index contributed by atoms with van der Waals surface area (Å²) in [7, 11) is 0. The molecule has 8 nitrogen and oxygen atoms in total. The Bertz CT molecular complexity index is 835. The summed E-state index contributed by atoms with van der Waals surface area (Å²) in [6.07, 6.45) is 0. The summed E-state index contributed by atoms with van der Waals surface area (Å²) in [6, 6.07) is 16.7. The van der Waals surface area contributed by atoms with Crippen molar-refractivity contribution in [2.45, 2.75) is 37.0 Å². The van der Waals surface area contributed by atoms with Gasteiger partial charge in [-0.3, -0.25) is 0 Å². The lowest BCUT2D eigenvalue weighted by atomic mass is 10.0. The maximum absolute atomic E-state index is 5.39. The van der Waals surface area contributed by atoms with Crippen molar-refractivity contribution in [3.8, 4) is 0 Å². The van der Waals surface area contributed by atoms with Gasteiger partial charge in [0.2, 0.25) is 11.3 Å². The number of benzene rings is 2. The number of nitrogens with one attached hydrogen (secondary N) is 1. The molecule has 4 rings (SSSR count). The minimum absolute atomic E-state index is 0.231. The van der Waals surface area contributed by atoms with E-state index in [-0.39, 0.29) is 11.3 Å². The molecule has 2 heterocycles. The first-order valence-corrected chi connectivity index (χ1v) is 11.5. The van der Waals surface area contributed by atoms with Crippen molar-refractivity contribution in [3.63, 3.8) is 0 Å². The maximum Gasteiger partial charge on any atom is 0.213 e. The van der Waals surface area contributed by atoms with E-state index in [1.165, 1.54) is 16.7 Å². The highest BCUT2D eigenvalue weighted by molar-refractivity contribution is 9.08. The molecule has 0 fully saturated rings. The van der Waals surface area contributed by atoms with Crippen LogP contribution < -0.4 is 22.5 Å². The molecule has 0 bridgehead atoms. The molecular weight excluding hydrogens is 456 g/mol. The SMILES string of the molecule is CC1(c2ccc(CBr)cc2)N=N1.CC1(c2ccc(CNCCN)cc2)N=N1.NCCN. The molecule has 2 aromatic carbocycles. The van der Waals surface area contributed by atoms with Gasteiger partial charge < -0.3 is 22.5 Å². The summed E-state index contributed by atoms with van der Waals surface area (Å²) in [5.41, 5.74) is 19.6. The number of nitrogens with zero attached hydrogens (tertiary/aromatic N) is 4. The number of halogens is 1. The van der Waals surface area contributed by atoms with E-state index in [9.17, 15) is 0 Å². The lowest BCUT2D eigenvalue weighted by Gasteiger charge is -2.06. The summed E-state index contributed by atoms with van der Waals surface area (Å²) < 4.78 is 0. The Labute approximate surface area is 192 Å². The zero-order chi connectivity index (χ0) is 22.7. The van der Waals surface area contributed by atoms with Gasteiger partial charge in [-0.2, -0.15) is 20.5 Å². The molecule has 9 heteroatoms. The third-order valence-electron chi connectivity index (χ3n) is 4.77. The molecule has 2 aliphatic rings. The molecule has 0 saturated heterocycles. The average molecular weight is 489 g/mol. The summed E-state index contributed by atoms with van der Waals surface area (Å²) in [6.45, 7) is 7.60. The van der Waals surface area contributed by atoms with Gasteiger partial charge in [0.05, 0.1) is 0 Å². The molecule has 0 radical (unpaired) electrons. The van der Waals surface area contributed by atoms with Gasteiger partial charge in [-0.25, -0.2) is 0 Å². The predicted molar refractivity (Wildman–Crippen MR) is 129 cm³/mol. The fourth-order valence-electron chi connectivity index (χ4n) is 2.56. The molecule has 0 saturated carbocycles. The fraction of sp³-hybridized carbons (Fsp3) is 0.455. The number of hydrogen-bond donors (Lipinski definition) is 4. The van der Waals surface area contributed by atoms with Crippen LogP contribution in [-0.4, -0.2) is 26.2 Å². The maximum atomic E-state index is 5.39. The van der Waals surface area contributed by atoms with Gasteiger partial charge in [-0.05, 0) is 25.0 Å². The lowest BCUT2D eigenvalue weighted by molar-refractivity contribution is 0.692. The fourth-order valence-corrected chi connectivity index (χ4v) is 2.94. The van der Waals surface area contributed by atoms with Gasteiger partial charge in [-0.1, -0.05) is 64.5 Å². The molecule has 0 aromatic heterocycles. The van der Waals surface area contributed by atoms with E-state index in [1.807, 2.05) is 13.8 Å². The van der Waals surface area contributed by atoms with E-state index in [0.717, 1.165) is 24.0 Å². The largest absolute Gasteiger partial charge is 0.329 e. The van der Waals surface area contributed by atoms with Crippen molar-refractivity contribution >= 4 is 15.9 Å². The summed E-state index contributed by atoms with van der Waals surface area (Å²) in [5.74, 6) is 0. The number of rotatable bonds is 8. The Morgan fingerprint density at radius 2 is 1.13 bits per heavy atom. The van der Waals surface area contributed by atoms with Crippen LogP contribution in [0.2, 0.25) is 0 Å². The first-order valence-electron chi connectivity index (χ1n) is 10.3. The Hall–Kier alpha value is -2.04. The zero-order valence-corrected chi connectivity index (χ0v) is 19.8. The van der Waals surface area contributed by atoms with Crippen LogP contribution in [0.4, 0.5) is 0 Å². The van der Waals surface area contributed by atoms with Gasteiger partial charge in [0.25, 0.3) is 0 Å². The van der Waals surface area contributed by atoms with Crippen LogP contribution in [0.5, 0.6) is 0 Å².